The zero-order chi connectivity index (χ0) is 13.0. The van der Waals surface area contributed by atoms with Gasteiger partial charge in [0.2, 0.25) is 0 Å². The van der Waals surface area contributed by atoms with Crippen LogP contribution in [0, 0.1) is 5.92 Å². The molecular formula is C13H19N3O2. The van der Waals surface area contributed by atoms with Gasteiger partial charge in [-0.2, -0.15) is 0 Å². The number of pyridine rings is 1. The molecule has 0 aromatic carbocycles. The molecule has 0 bridgehead atoms. The quantitative estimate of drug-likeness (QED) is 0.826. The summed E-state index contributed by atoms with van der Waals surface area (Å²) in [6, 6.07) is 3.64. The Kier molecular flexibility index (Phi) is 4.15. The molecule has 18 heavy (non-hydrogen) atoms. The second-order valence-corrected chi connectivity index (χ2v) is 4.73. The highest BCUT2D eigenvalue weighted by Gasteiger charge is 2.20. The fourth-order valence-corrected chi connectivity index (χ4v) is 2.47. The molecule has 5 nitrogen and oxygen atoms in total. The van der Waals surface area contributed by atoms with Crippen molar-refractivity contribution in [3.63, 3.8) is 0 Å². The van der Waals surface area contributed by atoms with Crippen LogP contribution in [0.1, 0.15) is 29.8 Å². The van der Waals surface area contributed by atoms with E-state index in [-0.39, 0.29) is 6.61 Å². The number of carbonyl (C=O) groups is 1. The van der Waals surface area contributed by atoms with Gasteiger partial charge in [-0.25, -0.2) is 0 Å². The van der Waals surface area contributed by atoms with Gasteiger partial charge in [-0.3, -0.25) is 9.78 Å². The van der Waals surface area contributed by atoms with E-state index in [2.05, 4.69) is 9.88 Å². The lowest BCUT2D eigenvalue weighted by atomic mass is 9.95. The summed E-state index contributed by atoms with van der Waals surface area (Å²) < 4.78 is 0. The molecule has 0 radical (unpaired) electrons. The summed E-state index contributed by atoms with van der Waals surface area (Å²) in [4.78, 5) is 17.3. The number of primary amides is 1. The van der Waals surface area contributed by atoms with E-state index in [0.717, 1.165) is 38.0 Å². The van der Waals surface area contributed by atoms with Crippen molar-refractivity contribution in [2.75, 3.05) is 24.6 Å². The third-order valence-electron chi connectivity index (χ3n) is 3.42. The predicted molar refractivity (Wildman–Crippen MR) is 69.4 cm³/mol. The Bertz CT molecular complexity index is 420. The first-order valence-corrected chi connectivity index (χ1v) is 6.32. The highest BCUT2D eigenvalue weighted by atomic mass is 16.3. The molecule has 0 aliphatic carbocycles. The summed E-state index contributed by atoms with van der Waals surface area (Å²) >= 11 is 0. The first-order valence-electron chi connectivity index (χ1n) is 6.32. The van der Waals surface area contributed by atoms with Crippen LogP contribution >= 0.6 is 0 Å². The van der Waals surface area contributed by atoms with Crippen molar-refractivity contribution in [3.05, 3.63) is 24.0 Å². The molecule has 2 heterocycles. The lowest BCUT2D eigenvalue weighted by molar-refractivity contribution is 0.0995. The SMILES string of the molecule is NC(=O)c1cc(N2CCCC(CCO)C2)ccn1. The Morgan fingerprint density at radius 1 is 1.61 bits per heavy atom. The Labute approximate surface area is 107 Å². The third-order valence-corrected chi connectivity index (χ3v) is 3.42. The van der Waals surface area contributed by atoms with E-state index in [0.29, 0.717) is 11.6 Å². The number of hydrogen-bond acceptors (Lipinski definition) is 4. The molecular weight excluding hydrogens is 230 g/mol. The zero-order valence-corrected chi connectivity index (χ0v) is 10.4. The molecule has 1 amide bonds. The number of aliphatic hydroxyl groups is 1. The standard InChI is InChI=1S/C13H19N3O2/c14-13(18)12-8-11(3-5-15-12)16-6-1-2-10(9-16)4-7-17/h3,5,8,10,17H,1-2,4,6-7,9H2,(H2,14,18). The minimum absolute atomic E-state index is 0.237. The van der Waals surface area contributed by atoms with Crippen molar-refractivity contribution < 1.29 is 9.90 Å². The number of piperidine rings is 1. The van der Waals surface area contributed by atoms with Crippen molar-refractivity contribution >= 4 is 11.6 Å². The topological polar surface area (TPSA) is 79.5 Å². The van der Waals surface area contributed by atoms with Crippen LogP contribution in [0.2, 0.25) is 0 Å². The van der Waals surface area contributed by atoms with Crippen LogP contribution in [0.5, 0.6) is 0 Å². The number of aromatic nitrogens is 1. The van der Waals surface area contributed by atoms with Gasteiger partial charge in [-0.1, -0.05) is 0 Å². The van der Waals surface area contributed by atoms with Crippen LogP contribution in [0.25, 0.3) is 0 Å². The molecule has 0 saturated carbocycles. The fourth-order valence-electron chi connectivity index (χ4n) is 2.47. The Morgan fingerprint density at radius 2 is 2.44 bits per heavy atom. The largest absolute Gasteiger partial charge is 0.396 e. The lowest BCUT2D eigenvalue weighted by Gasteiger charge is -2.34. The molecule has 1 aliphatic heterocycles. The number of anilines is 1. The second kappa shape index (κ2) is 5.82. The lowest BCUT2D eigenvalue weighted by Crippen LogP contribution is -2.36. The van der Waals surface area contributed by atoms with E-state index in [4.69, 9.17) is 10.8 Å². The van der Waals surface area contributed by atoms with Gasteiger partial charge in [-0.15, -0.1) is 0 Å². The van der Waals surface area contributed by atoms with E-state index in [9.17, 15) is 4.79 Å². The van der Waals surface area contributed by atoms with Crippen molar-refractivity contribution in [3.8, 4) is 0 Å². The third kappa shape index (κ3) is 2.98. The van der Waals surface area contributed by atoms with Gasteiger partial charge >= 0.3 is 0 Å². The van der Waals surface area contributed by atoms with Crippen molar-refractivity contribution in [2.24, 2.45) is 11.7 Å². The predicted octanol–water partition coefficient (Wildman–Crippen LogP) is 0.779. The van der Waals surface area contributed by atoms with Crippen LogP contribution in [0.3, 0.4) is 0 Å². The second-order valence-electron chi connectivity index (χ2n) is 4.73. The zero-order valence-electron chi connectivity index (χ0n) is 10.4. The number of nitrogens with zero attached hydrogens (tertiary/aromatic N) is 2. The Morgan fingerprint density at radius 3 is 3.17 bits per heavy atom. The smallest absolute Gasteiger partial charge is 0.267 e. The average Bonchev–Trinajstić information content (AvgIpc) is 2.39. The minimum Gasteiger partial charge on any atom is -0.396 e. The maximum absolute atomic E-state index is 11.1. The van der Waals surface area contributed by atoms with Crippen LogP contribution in [-0.2, 0) is 0 Å². The summed E-state index contributed by atoms with van der Waals surface area (Å²) in [5.74, 6) is 0.0229. The van der Waals surface area contributed by atoms with Crippen molar-refractivity contribution in [1.29, 1.82) is 0 Å². The highest BCUT2D eigenvalue weighted by Crippen LogP contribution is 2.24. The first kappa shape index (κ1) is 12.8. The van der Waals surface area contributed by atoms with Gasteiger partial charge in [0.05, 0.1) is 0 Å². The Hall–Kier alpha value is -1.62. The minimum atomic E-state index is -0.499. The van der Waals surface area contributed by atoms with E-state index >= 15 is 0 Å². The number of aliphatic hydroxyl groups excluding tert-OH is 1. The highest BCUT2D eigenvalue weighted by molar-refractivity contribution is 5.91. The summed E-state index contributed by atoms with van der Waals surface area (Å²) in [6.07, 6.45) is 4.72. The van der Waals surface area contributed by atoms with Gasteiger partial charge in [0.15, 0.2) is 0 Å². The Balaban J connectivity index is 2.10. The molecule has 1 atom stereocenters. The van der Waals surface area contributed by atoms with E-state index in [1.165, 1.54) is 0 Å². The summed E-state index contributed by atoms with van der Waals surface area (Å²) in [5.41, 5.74) is 6.52. The van der Waals surface area contributed by atoms with Crippen LogP contribution in [0.4, 0.5) is 5.69 Å². The molecule has 1 saturated heterocycles. The van der Waals surface area contributed by atoms with Crippen LogP contribution in [-0.4, -0.2) is 35.7 Å². The molecule has 98 valence electrons. The molecule has 5 heteroatoms. The van der Waals surface area contributed by atoms with E-state index in [1.807, 2.05) is 6.07 Å². The van der Waals surface area contributed by atoms with Crippen LogP contribution in [0.15, 0.2) is 18.3 Å². The molecule has 2 rings (SSSR count). The number of hydrogen-bond donors (Lipinski definition) is 2. The molecule has 1 fully saturated rings. The fraction of sp³-hybridized carbons (Fsp3) is 0.538. The molecule has 1 aromatic rings. The normalized spacial score (nSPS) is 19.8. The van der Waals surface area contributed by atoms with E-state index < -0.39 is 5.91 Å². The average molecular weight is 249 g/mol. The first-order chi connectivity index (χ1) is 8.70. The monoisotopic (exact) mass is 249 g/mol. The van der Waals surface area contributed by atoms with Gasteiger partial charge in [-0.05, 0) is 37.3 Å². The molecule has 1 aliphatic rings. The van der Waals surface area contributed by atoms with Gasteiger partial charge in [0.25, 0.3) is 5.91 Å². The maximum Gasteiger partial charge on any atom is 0.267 e. The van der Waals surface area contributed by atoms with Gasteiger partial charge < -0.3 is 15.7 Å². The number of amides is 1. The molecule has 0 spiro atoms. The van der Waals surface area contributed by atoms with Crippen molar-refractivity contribution in [1.82, 2.24) is 4.98 Å². The molecule has 1 unspecified atom stereocenters. The molecule has 3 N–H and O–H groups in total. The van der Waals surface area contributed by atoms with Crippen molar-refractivity contribution in [2.45, 2.75) is 19.3 Å². The summed E-state index contributed by atoms with van der Waals surface area (Å²) in [7, 11) is 0. The number of nitrogens with two attached hydrogens (primary N) is 1. The van der Waals surface area contributed by atoms with Crippen LogP contribution < -0.4 is 10.6 Å². The molecule has 1 aromatic heterocycles. The number of rotatable bonds is 4. The number of carbonyl (C=O) groups excluding carboxylic acids is 1. The summed E-state index contributed by atoms with van der Waals surface area (Å²) in [5, 5.41) is 9.00. The van der Waals surface area contributed by atoms with Gasteiger partial charge in [0.1, 0.15) is 5.69 Å². The maximum atomic E-state index is 11.1. The van der Waals surface area contributed by atoms with E-state index in [1.54, 1.807) is 12.3 Å². The van der Waals surface area contributed by atoms with Gasteiger partial charge in [0, 0.05) is 31.6 Å². The summed E-state index contributed by atoms with van der Waals surface area (Å²) in [6.45, 7) is 2.13.